The third-order valence-corrected chi connectivity index (χ3v) is 5.18. The average molecular weight is 364 g/mol. The average Bonchev–Trinajstić information content (AvgIpc) is 3.28. The zero-order chi connectivity index (χ0) is 18.5. The molecule has 0 saturated carbocycles. The summed E-state index contributed by atoms with van der Waals surface area (Å²) in [5, 5.41) is 0. The number of aromatic amines is 1. The van der Waals surface area contributed by atoms with Crippen molar-refractivity contribution >= 4 is 0 Å². The van der Waals surface area contributed by atoms with E-state index in [4.69, 9.17) is 14.2 Å². The van der Waals surface area contributed by atoms with E-state index in [9.17, 15) is 0 Å². The van der Waals surface area contributed by atoms with Gasteiger partial charge in [-0.25, -0.2) is 4.98 Å². The van der Waals surface area contributed by atoms with E-state index >= 15 is 0 Å². The van der Waals surface area contributed by atoms with Crippen LogP contribution in [0.15, 0.2) is 60.9 Å². The molecule has 1 aliphatic heterocycles. The van der Waals surface area contributed by atoms with Gasteiger partial charge in [0.15, 0.2) is 0 Å². The number of nitrogens with zero attached hydrogens (tertiary/aromatic N) is 1. The highest BCUT2D eigenvalue weighted by Crippen LogP contribution is 2.36. The van der Waals surface area contributed by atoms with Crippen LogP contribution in [0.25, 0.3) is 11.4 Å². The maximum atomic E-state index is 6.03. The third-order valence-electron chi connectivity index (χ3n) is 5.18. The quantitative estimate of drug-likeness (QED) is 0.708. The van der Waals surface area contributed by atoms with Gasteiger partial charge in [0.1, 0.15) is 18.2 Å². The molecular formula is C22H24N2O3. The third kappa shape index (κ3) is 3.89. The Balaban J connectivity index is 1.44. The molecule has 0 spiro atoms. The molecule has 5 nitrogen and oxygen atoms in total. The Bertz CT molecular complexity index is 854. The zero-order valence-corrected chi connectivity index (χ0v) is 15.5. The van der Waals surface area contributed by atoms with Crippen LogP contribution >= 0.6 is 0 Å². The summed E-state index contributed by atoms with van der Waals surface area (Å²) in [7, 11) is 1.78. The molecule has 0 radical (unpaired) electrons. The highest BCUT2D eigenvalue weighted by molar-refractivity contribution is 5.55. The van der Waals surface area contributed by atoms with Crippen LogP contribution in [-0.4, -0.2) is 30.3 Å². The van der Waals surface area contributed by atoms with Crippen molar-refractivity contribution in [3.63, 3.8) is 0 Å². The van der Waals surface area contributed by atoms with Crippen LogP contribution in [-0.2, 0) is 21.7 Å². The molecule has 1 saturated heterocycles. The number of hydrogen-bond donors (Lipinski definition) is 1. The minimum absolute atomic E-state index is 0.275. The second kappa shape index (κ2) is 7.94. The maximum absolute atomic E-state index is 6.03. The van der Waals surface area contributed by atoms with Gasteiger partial charge in [-0.2, -0.15) is 0 Å². The molecule has 4 rings (SSSR count). The monoisotopic (exact) mass is 364 g/mol. The fraction of sp³-hybridized carbons (Fsp3) is 0.318. The lowest BCUT2D eigenvalue weighted by Crippen LogP contribution is -2.35. The van der Waals surface area contributed by atoms with Crippen molar-refractivity contribution in [2.24, 2.45) is 0 Å². The Hall–Kier alpha value is -2.63. The summed E-state index contributed by atoms with van der Waals surface area (Å²) in [5.74, 6) is 1.72. The van der Waals surface area contributed by atoms with Gasteiger partial charge in [-0.05, 0) is 23.3 Å². The molecular weight excluding hydrogens is 340 g/mol. The normalized spacial score (nSPS) is 16.2. The molecule has 2 heterocycles. The van der Waals surface area contributed by atoms with Crippen molar-refractivity contribution in [3.05, 3.63) is 72.1 Å². The van der Waals surface area contributed by atoms with E-state index in [-0.39, 0.29) is 5.60 Å². The van der Waals surface area contributed by atoms with Crippen molar-refractivity contribution in [3.8, 4) is 17.1 Å². The Morgan fingerprint density at radius 2 is 1.93 bits per heavy atom. The van der Waals surface area contributed by atoms with Crippen molar-refractivity contribution in [2.45, 2.75) is 25.0 Å². The van der Waals surface area contributed by atoms with E-state index in [2.05, 4.69) is 46.4 Å². The first-order valence-corrected chi connectivity index (χ1v) is 9.24. The smallest absolute Gasteiger partial charge is 0.137 e. The highest BCUT2D eigenvalue weighted by Gasteiger charge is 2.34. The number of aromatic nitrogens is 2. The maximum Gasteiger partial charge on any atom is 0.137 e. The van der Waals surface area contributed by atoms with Gasteiger partial charge in [-0.1, -0.05) is 36.4 Å². The largest absolute Gasteiger partial charge is 0.489 e. The Labute approximate surface area is 159 Å². The number of imidazole rings is 1. The Morgan fingerprint density at radius 3 is 2.63 bits per heavy atom. The van der Waals surface area contributed by atoms with Crippen molar-refractivity contribution in [2.75, 3.05) is 20.3 Å². The summed E-state index contributed by atoms with van der Waals surface area (Å²) in [4.78, 5) is 7.38. The van der Waals surface area contributed by atoms with Crippen LogP contribution in [0.5, 0.6) is 5.75 Å². The van der Waals surface area contributed by atoms with Crippen LogP contribution in [0.1, 0.15) is 24.0 Å². The van der Waals surface area contributed by atoms with Gasteiger partial charge in [0.2, 0.25) is 0 Å². The fourth-order valence-corrected chi connectivity index (χ4v) is 3.53. The summed E-state index contributed by atoms with van der Waals surface area (Å²) in [6.07, 6.45) is 5.30. The molecule has 0 unspecified atom stereocenters. The van der Waals surface area contributed by atoms with E-state index in [1.165, 1.54) is 0 Å². The minimum atomic E-state index is -0.275. The molecule has 140 valence electrons. The predicted molar refractivity (Wildman–Crippen MR) is 104 cm³/mol. The summed E-state index contributed by atoms with van der Waals surface area (Å²) in [5.41, 5.74) is 3.05. The number of hydrogen-bond acceptors (Lipinski definition) is 4. The number of methoxy groups -OCH3 is 1. The molecule has 0 aliphatic carbocycles. The lowest BCUT2D eigenvalue weighted by Gasteiger charge is -2.36. The zero-order valence-electron chi connectivity index (χ0n) is 15.5. The molecule has 5 heteroatoms. The number of benzene rings is 2. The number of H-pyrrole nitrogens is 1. The van der Waals surface area contributed by atoms with E-state index in [1.807, 2.05) is 18.3 Å². The molecule has 1 aliphatic rings. The molecule has 0 amide bonds. The SMILES string of the molecule is COC1(c2cccc(OCc3ccc(-c4ncc[nH]4)cc3)c2)CCOCC1. The van der Waals surface area contributed by atoms with Gasteiger partial charge >= 0.3 is 0 Å². The van der Waals surface area contributed by atoms with Gasteiger partial charge in [0.25, 0.3) is 0 Å². The molecule has 0 atom stereocenters. The predicted octanol–water partition coefficient (Wildman–Crippen LogP) is 4.31. The first-order valence-electron chi connectivity index (χ1n) is 9.24. The summed E-state index contributed by atoms with van der Waals surface area (Å²) < 4.78 is 17.4. The van der Waals surface area contributed by atoms with Crippen LogP contribution in [0.4, 0.5) is 0 Å². The van der Waals surface area contributed by atoms with E-state index < -0.39 is 0 Å². The molecule has 2 aromatic carbocycles. The Kier molecular flexibility index (Phi) is 5.23. The van der Waals surface area contributed by atoms with Crippen molar-refractivity contribution < 1.29 is 14.2 Å². The van der Waals surface area contributed by atoms with Gasteiger partial charge in [-0.15, -0.1) is 0 Å². The topological polar surface area (TPSA) is 56.4 Å². The van der Waals surface area contributed by atoms with Crippen molar-refractivity contribution in [1.29, 1.82) is 0 Å². The van der Waals surface area contributed by atoms with Crippen LogP contribution in [0.3, 0.4) is 0 Å². The molecule has 1 fully saturated rings. The first-order chi connectivity index (χ1) is 13.3. The highest BCUT2D eigenvalue weighted by atomic mass is 16.5. The van der Waals surface area contributed by atoms with Gasteiger partial charge < -0.3 is 19.2 Å². The van der Waals surface area contributed by atoms with E-state index in [1.54, 1.807) is 13.3 Å². The number of ether oxygens (including phenoxy) is 3. The lowest BCUT2D eigenvalue weighted by atomic mass is 9.86. The van der Waals surface area contributed by atoms with E-state index in [0.29, 0.717) is 6.61 Å². The summed E-state index contributed by atoms with van der Waals surface area (Å²) >= 11 is 0. The van der Waals surface area contributed by atoms with Crippen LogP contribution in [0.2, 0.25) is 0 Å². The second-order valence-electron chi connectivity index (χ2n) is 6.76. The molecule has 1 N–H and O–H groups in total. The van der Waals surface area contributed by atoms with Crippen LogP contribution in [0, 0.1) is 0 Å². The van der Waals surface area contributed by atoms with Gasteiger partial charge in [0, 0.05) is 51.1 Å². The standard InChI is InChI=1S/C22H24N2O3/c1-25-22(9-13-26-14-10-22)19-3-2-4-20(15-19)27-16-17-5-7-18(8-6-17)21-23-11-12-24-21/h2-8,11-12,15H,9-10,13-14,16H2,1H3,(H,23,24). The molecule has 3 aromatic rings. The van der Waals surface area contributed by atoms with Gasteiger partial charge in [0.05, 0.1) is 5.60 Å². The molecule has 1 aromatic heterocycles. The Morgan fingerprint density at radius 1 is 1.11 bits per heavy atom. The minimum Gasteiger partial charge on any atom is -0.489 e. The number of rotatable bonds is 6. The van der Waals surface area contributed by atoms with Crippen molar-refractivity contribution in [1.82, 2.24) is 9.97 Å². The molecule has 27 heavy (non-hydrogen) atoms. The lowest BCUT2D eigenvalue weighted by molar-refractivity contribution is -0.0948. The second-order valence-corrected chi connectivity index (χ2v) is 6.76. The van der Waals surface area contributed by atoms with E-state index in [0.717, 1.165) is 54.3 Å². The first kappa shape index (κ1) is 17.8. The van der Waals surface area contributed by atoms with Crippen LogP contribution < -0.4 is 4.74 Å². The molecule has 0 bridgehead atoms. The van der Waals surface area contributed by atoms with Gasteiger partial charge in [-0.3, -0.25) is 0 Å². The summed E-state index contributed by atoms with van der Waals surface area (Å²) in [6, 6.07) is 16.5. The fourth-order valence-electron chi connectivity index (χ4n) is 3.53. The summed E-state index contributed by atoms with van der Waals surface area (Å²) in [6.45, 7) is 1.97. The number of nitrogens with one attached hydrogen (secondary N) is 1.